The predicted octanol–water partition coefficient (Wildman–Crippen LogP) is 2.48. The summed E-state index contributed by atoms with van der Waals surface area (Å²) >= 11 is 0. The molecule has 0 aromatic heterocycles. The van der Waals surface area contributed by atoms with Crippen molar-refractivity contribution in [2.24, 2.45) is 16.7 Å². The molecule has 5 N–H and O–H groups in total. The van der Waals surface area contributed by atoms with E-state index in [4.69, 9.17) is 0 Å². The molecule has 1 aliphatic rings. The Kier molecular flexibility index (Phi) is 19.3. The first-order chi connectivity index (χ1) is 23.0. The fourth-order valence-electron chi connectivity index (χ4n) is 5.25. The van der Waals surface area contributed by atoms with Gasteiger partial charge in [0.25, 0.3) is 11.8 Å². The first-order valence-corrected chi connectivity index (χ1v) is 19.3. The number of amides is 7. The first kappa shape index (κ1) is 43.7. The molecule has 49 heavy (non-hydrogen) atoms. The molecule has 0 radical (unpaired) electrons. The molecule has 3 unspecified atom stereocenters. The molecule has 0 aromatic rings. The molecule has 0 spiro atoms. The number of carbonyl (C=O) groups is 7. The Morgan fingerprint density at radius 3 is 1.92 bits per heavy atom. The van der Waals surface area contributed by atoms with E-state index in [0.717, 1.165) is 4.90 Å². The van der Waals surface area contributed by atoms with Crippen LogP contribution in [0.15, 0.2) is 24.3 Å². The zero-order valence-electron chi connectivity index (χ0n) is 30.1. The lowest BCUT2D eigenvalue weighted by Gasteiger charge is -2.38. The number of nitrogens with zero attached hydrogens (tertiary/aromatic N) is 1. The Hall–Kier alpha value is -3.33. The fraction of sp³-hybridized carbons (Fsp3) is 0.676. The van der Waals surface area contributed by atoms with E-state index in [1.165, 1.54) is 12.2 Å². The summed E-state index contributed by atoms with van der Waals surface area (Å²) in [5, 5.41) is 14.4. The Labute approximate surface area is 299 Å². The van der Waals surface area contributed by atoms with E-state index < -0.39 is 28.6 Å². The van der Waals surface area contributed by atoms with E-state index in [1.54, 1.807) is 42.4 Å². The van der Waals surface area contributed by atoms with Crippen LogP contribution in [0, 0.1) is 16.7 Å². The molecule has 7 amide bonds. The maximum absolute atomic E-state index is 13.8. The highest BCUT2D eigenvalue weighted by Gasteiger charge is 2.45. The normalized spacial score (nSPS) is 15.6. The van der Waals surface area contributed by atoms with Crippen LogP contribution in [0.3, 0.4) is 0 Å². The zero-order chi connectivity index (χ0) is 37.2. The quantitative estimate of drug-likeness (QED) is 0.0432. The van der Waals surface area contributed by atoms with Gasteiger partial charge in [0.1, 0.15) is 0 Å². The number of hydrogen-bond donors (Lipinski definition) is 5. The second-order valence-electron chi connectivity index (χ2n) is 13.2. The minimum absolute atomic E-state index is 0.00714. The van der Waals surface area contributed by atoms with E-state index in [2.05, 4.69) is 33.2 Å². The Balaban J connectivity index is 2.73. The maximum Gasteiger partial charge on any atom is 0.253 e. The molecule has 276 valence electrons. The van der Waals surface area contributed by atoms with Crippen molar-refractivity contribution in [3.8, 4) is 0 Å². The van der Waals surface area contributed by atoms with Gasteiger partial charge >= 0.3 is 0 Å². The van der Waals surface area contributed by atoms with Gasteiger partial charge in [-0.25, -0.2) is 0 Å². The molecule has 1 rings (SSSR count). The summed E-state index contributed by atoms with van der Waals surface area (Å²) in [7, 11) is 3.19. The van der Waals surface area contributed by atoms with Crippen LogP contribution in [-0.4, -0.2) is 96.5 Å². The highest BCUT2D eigenvalue weighted by Crippen LogP contribution is 2.41. The van der Waals surface area contributed by atoms with Crippen LogP contribution in [0.4, 0.5) is 0 Å². The third-order valence-corrected chi connectivity index (χ3v) is 10.5. The van der Waals surface area contributed by atoms with Crippen molar-refractivity contribution >= 4 is 62.9 Å². The van der Waals surface area contributed by atoms with Gasteiger partial charge in [-0.05, 0) is 46.5 Å². The second kappa shape index (κ2) is 21.7. The predicted molar refractivity (Wildman–Crippen MR) is 195 cm³/mol. The van der Waals surface area contributed by atoms with Crippen molar-refractivity contribution in [2.45, 2.75) is 86.6 Å². The van der Waals surface area contributed by atoms with Gasteiger partial charge in [0, 0.05) is 91.2 Å². The summed E-state index contributed by atoms with van der Waals surface area (Å²) < 4.78 is 0. The number of hydrogen-bond acceptors (Lipinski definition) is 9. The van der Waals surface area contributed by atoms with Crippen LogP contribution in [0.5, 0.6) is 0 Å². The molecule has 1 aliphatic heterocycles. The van der Waals surface area contributed by atoms with Crippen molar-refractivity contribution in [2.75, 3.05) is 44.2 Å². The van der Waals surface area contributed by atoms with Gasteiger partial charge in [-0.3, -0.25) is 38.5 Å². The molecule has 1 heterocycles. The number of imide groups is 1. The summed E-state index contributed by atoms with van der Waals surface area (Å²) in [6.07, 6.45) is 3.68. The highest BCUT2D eigenvalue weighted by atomic mass is 33.1. The zero-order valence-corrected chi connectivity index (χ0v) is 31.8. The SMILES string of the molecule is C=C(C)C(=O)NCCSSCCNC(=O)C(C)(CC)CC(C)(CC(C)C(=O)NC(C)C)C(=O)NCCCNC(=O)CCN1C(=O)C=CC1=O. The minimum atomic E-state index is -1.05. The van der Waals surface area contributed by atoms with Crippen LogP contribution < -0.4 is 26.6 Å². The topological polar surface area (TPSA) is 183 Å². The number of nitrogens with one attached hydrogen (secondary N) is 5. The molecule has 15 heteroatoms. The Bertz CT molecular complexity index is 1230. The smallest absolute Gasteiger partial charge is 0.253 e. The van der Waals surface area contributed by atoms with Crippen molar-refractivity contribution in [3.63, 3.8) is 0 Å². The lowest BCUT2D eigenvalue weighted by atomic mass is 9.67. The van der Waals surface area contributed by atoms with Gasteiger partial charge in [-0.15, -0.1) is 0 Å². The molecule has 0 saturated heterocycles. The summed E-state index contributed by atoms with van der Waals surface area (Å²) in [5.74, 6) is -1.08. The Morgan fingerprint density at radius 1 is 0.837 bits per heavy atom. The average molecular weight is 725 g/mol. The van der Waals surface area contributed by atoms with Gasteiger partial charge in [-0.1, -0.05) is 55.9 Å². The van der Waals surface area contributed by atoms with Crippen LogP contribution >= 0.6 is 21.6 Å². The fourth-order valence-corrected chi connectivity index (χ4v) is 7.06. The van der Waals surface area contributed by atoms with E-state index in [0.29, 0.717) is 43.0 Å². The Morgan fingerprint density at radius 2 is 1.37 bits per heavy atom. The first-order valence-electron chi connectivity index (χ1n) is 16.8. The molecule has 0 aliphatic carbocycles. The molecular formula is C34H56N6O7S2. The standard InChI is InChI=1S/C34H56N6O7S2/c1-9-33(7,31(46)38-17-20-49-48-19-16-36-29(44)23(2)3)22-34(8,21-25(6)30(45)39-24(4)5)32(47)37-15-10-14-35-26(41)13-18-40-27(42)11-12-28(40)43/h11-12,24-25H,2,9-10,13-22H2,1,3-8H3,(H,35,41)(H,36,44)(H,37,47)(H,38,46)(H,39,45). The molecule has 0 fully saturated rings. The van der Waals surface area contributed by atoms with Crippen LogP contribution in [0.25, 0.3) is 0 Å². The average Bonchev–Trinajstić information content (AvgIpc) is 3.36. The summed E-state index contributed by atoms with van der Waals surface area (Å²) in [6, 6.07) is -0.0592. The number of rotatable bonds is 24. The molecular weight excluding hydrogens is 669 g/mol. The van der Waals surface area contributed by atoms with Gasteiger partial charge in [-0.2, -0.15) is 0 Å². The van der Waals surface area contributed by atoms with E-state index in [9.17, 15) is 33.6 Å². The third-order valence-electron chi connectivity index (χ3n) is 8.13. The van der Waals surface area contributed by atoms with Gasteiger partial charge in [0.2, 0.25) is 29.5 Å². The second-order valence-corrected chi connectivity index (χ2v) is 15.9. The molecule has 0 aromatic carbocycles. The minimum Gasteiger partial charge on any atom is -0.356 e. The lowest BCUT2D eigenvalue weighted by molar-refractivity contribution is -0.140. The summed E-state index contributed by atoms with van der Waals surface area (Å²) in [6.45, 7) is 17.8. The largest absolute Gasteiger partial charge is 0.356 e. The summed E-state index contributed by atoms with van der Waals surface area (Å²) in [4.78, 5) is 88.2. The van der Waals surface area contributed by atoms with Crippen molar-refractivity contribution in [1.29, 1.82) is 0 Å². The highest BCUT2D eigenvalue weighted by molar-refractivity contribution is 8.76. The van der Waals surface area contributed by atoms with Gasteiger partial charge in [0.15, 0.2) is 0 Å². The third kappa shape index (κ3) is 15.8. The molecule has 3 atom stereocenters. The monoisotopic (exact) mass is 724 g/mol. The lowest BCUT2D eigenvalue weighted by Crippen LogP contribution is -2.49. The van der Waals surface area contributed by atoms with Crippen molar-refractivity contribution in [1.82, 2.24) is 31.5 Å². The van der Waals surface area contributed by atoms with Gasteiger partial charge in [0.05, 0.1) is 0 Å². The maximum atomic E-state index is 13.8. The van der Waals surface area contributed by atoms with Gasteiger partial charge < -0.3 is 26.6 Å². The van der Waals surface area contributed by atoms with Crippen molar-refractivity contribution < 1.29 is 33.6 Å². The molecule has 0 saturated carbocycles. The van der Waals surface area contributed by atoms with Crippen LogP contribution in [0.1, 0.15) is 80.6 Å². The summed E-state index contributed by atoms with van der Waals surface area (Å²) in [5.41, 5.74) is -1.47. The number of carbonyl (C=O) groups excluding carboxylic acids is 7. The van der Waals surface area contributed by atoms with Crippen LogP contribution in [0.2, 0.25) is 0 Å². The molecule has 13 nitrogen and oxygen atoms in total. The van der Waals surface area contributed by atoms with Crippen LogP contribution in [-0.2, 0) is 33.6 Å². The van der Waals surface area contributed by atoms with E-state index in [-0.39, 0.29) is 74.5 Å². The van der Waals surface area contributed by atoms with Crippen molar-refractivity contribution in [3.05, 3.63) is 24.3 Å². The molecule has 0 bridgehead atoms. The van der Waals surface area contributed by atoms with E-state index >= 15 is 0 Å². The van der Waals surface area contributed by atoms with E-state index in [1.807, 2.05) is 27.7 Å².